The molecule has 0 radical (unpaired) electrons. The molecule has 0 unspecified atom stereocenters. The van der Waals surface area contributed by atoms with Gasteiger partial charge in [-0.15, -0.1) is 0 Å². The molecular formula is C17H17ClFNO3. The Morgan fingerprint density at radius 2 is 2.00 bits per heavy atom. The van der Waals surface area contributed by atoms with Gasteiger partial charge in [-0.25, -0.2) is 4.39 Å². The summed E-state index contributed by atoms with van der Waals surface area (Å²) >= 11 is 5.91. The Morgan fingerprint density at radius 1 is 1.30 bits per heavy atom. The number of aliphatic hydroxyl groups excluding tert-OH is 1. The van der Waals surface area contributed by atoms with Gasteiger partial charge in [0.25, 0.3) is 0 Å². The van der Waals surface area contributed by atoms with E-state index in [1.165, 1.54) is 30.3 Å². The van der Waals surface area contributed by atoms with Crippen LogP contribution in [0.4, 0.5) is 4.39 Å². The number of aromatic hydroxyl groups is 1. The summed E-state index contributed by atoms with van der Waals surface area (Å²) in [4.78, 5) is 12.0. The second-order valence-electron chi connectivity index (χ2n) is 5.28. The van der Waals surface area contributed by atoms with Crippen molar-refractivity contribution in [3.63, 3.8) is 0 Å². The fourth-order valence-corrected chi connectivity index (χ4v) is 2.55. The van der Waals surface area contributed by atoms with Crippen molar-refractivity contribution in [2.24, 2.45) is 0 Å². The molecule has 2 atom stereocenters. The van der Waals surface area contributed by atoms with E-state index in [0.717, 1.165) is 0 Å². The van der Waals surface area contributed by atoms with Gasteiger partial charge < -0.3 is 15.5 Å². The minimum Gasteiger partial charge on any atom is -0.508 e. The first-order chi connectivity index (χ1) is 10.9. The lowest BCUT2D eigenvalue weighted by Crippen LogP contribution is -2.38. The molecule has 0 saturated heterocycles. The molecule has 0 aromatic heterocycles. The maximum Gasteiger partial charge on any atom is 0.224 e. The first-order valence-electron chi connectivity index (χ1n) is 7.07. The van der Waals surface area contributed by atoms with E-state index < -0.39 is 18.0 Å². The molecule has 0 aliphatic heterocycles. The fourth-order valence-electron chi connectivity index (χ4n) is 2.28. The molecule has 122 valence electrons. The van der Waals surface area contributed by atoms with Crippen LogP contribution in [-0.4, -0.2) is 22.2 Å². The van der Waals surface area contributed by atoms with Crippen molar-refractivity contribution >= 4 is 17.5 Å². The number of halogens is 2. The molecule has 0 fully saturated rings. The molecule has 0 aliphatic rings. The Morgan fingerprint density at radius 3 is 2.65 bits per heavy atom. The van der Waals surface area contributed by atoms with Gasteiger partial charge in [0.15, 0.2) is 0 Å². The number of rotatable bonds is 5. The third-order valence-electron chi connectivity index (χ3n) is 3.43. The second kappa shape index (κ2) is 7.44. The van der Waals surface area contributed by atoms with Crippen LogP contribution in [0.25, 0.3) is 0 Å². The third-order valence-corrected chi connectivity index (χ3v) is 3.76. The molecule has 4 nitrogen and oxygen atoms in total. The van der Waals surface area contributed by atoms with Crippen LogP contribution >= 0.6 is 11.6 Å². The predicted octanol–water partition coefficient (Wildman–Crippen LogP) is 2.97. The molecule has 0 aliphatic carbocycles. The summed E-state index contributed by atoms with van der Waals surface area (Å²) < 4.78 is 13.8. The van der Waals surface area contributed by atoms with E-state index in [4.69, 9.17) is 11.6 Å². The van der Waals surface area contributed by atoms with Gasteiger partial charge in [-0.2, -0.15) is 0 Å². The largest absolute Gasteiger partial charge is 0.508 e. The number of amides is 1. The van der Waals surface area contributed by atoms with E-state index >= 15 is 0 Å². The standard InChI is InChI=1S/C17H17ClFNO3/c1-10(17(23)16-13(18)6-3-7-14(16)19)20-15(22)9-11-4-2-5-12(21)8-11/h2-8,10,17,21,23H,9H2,1H3,(H,20,22)/t10-,17-/m0/s1. The van der Waals surface area contributed by atoms with E-state index in [2.05, 4.69) is 5.32 Å². The van der Waals surface area contributed by atoms with Crippen LogP contribution in [-0.2, 0) is 11.2 Å². The number of carbonyl (C=O) groups excluding carboxylic acids is 1. The first kappa shape index (κ1) is 17.2. The minimum absolute atomic E-state index is 0.0382. The molecule has 2 rings (SSSR count). The van der Waals surface area contributed by atoms with Gasteiger partial charge in [0, 0.05) is 10.6 Å². The topological polar surface area (TPSA) is 69.6 Å². The summed E-state index contributed by atoms with van der Waals surface area (Å²) in [6, 6.07) is 9.72. The van der Waals surface area contributed by atoms with Crippen LogP contribution < -0.4 is 5.32 Å². The van der Waals surface area contributed by atoms with E-state index in [1.807, 2.05) is 0 Å². The predicted molar refractivity (Wildman–Crippen MR) is 85.8 cm³/mol. The summed E-state index contributed by atoms with van der Waals surface area (Å²) in [6.07, 6.45) is -1.23. The van der Waals surface area contributed by atoms with Gasteiger partial charge in [0.05, 0.1) is 12.5 Å². The van der Waals surface area contributed by atoms with Crippen molar-refractivity contribution in [1.82, 2.24) is 5.32 Å². The van der Waals surface area contributed by atoms with Crippen molar-refractivity contribution in [2.45, 2.75) is 25.5 Å². The smallest absolute Gasteiger partial charge is 0.224 e. The Bertz CT molecular complexity index is 688. The maximum absolute atomic E-state index is 13.8. The number of carbonyl (C=O) groups is 1. The first-order valence-corrected chi connectivity index (χ1v) is 7.45. The summed E-state index contributed by atoms with van der Waals surface area (Å²) in [6.45, 7) is 1.56. The summed E-state index contributed by atoms with van der Waals surface area (Å²) in [5, 5.41) is 22.3. The lowest BCUT2D eigenvalue weighted by molar-refractivity contribution is -0.121. The zero-order valence-corrected chi connectivity index (χ0v) is 13.2. The molecular weight excluding hydrogens is 321 g/mol. The van der Waals surface area contributed by atoms with Gasteiger partial charge in [-0.1, -0.05) is 29.8 Å². The summed E-state index contributed by atoms with van der Waals surface area (Å²) in [5.74, 6) is -0.907. The second-order valence-corrected chi connectivity index (χ2v) is 5.69. The zero-order valence-electron chi connectivity index (χ0n) is 12.5. The Kier molecular flexibility index (Phi) is 5.58. The van der Waals surface area contributed by atoms with Crippen LogP contribution in [0, 0.1) is 5.82 Å². The molecule has 1 amide bonds. The quantitative estimate of drug-likeness (QED) is 0.785. The minimum atomic E-state index is -1.27. The van der Waals surface area contributed by atoms with Crippen molar-refractivity contribution in [3.8, 4) is 5.75 Å². The van der Waals surface area contributed by atoms with Crippen molar-refractivity contribution < 1.29 is 19.4 Å². The number of hydrogen-bond acceptors (Lipinski definition) is 3. The van der Waals surface area contributed by atoms with Gasteiger partial charge in [-0.05, 0) is 36.8 Å². The number of phenols is 1. The van der Waals surface area contributed by atoms with Crippen LogP contribution in [0.1, 0.15) is 24.2 Å². The molecule has 2 aromatic rings. The van der Waals surface area contributed by atoms with Crippen LogP contribution in [0.3, 0.4) is 0 Å². The molecule has 3 N–H and O–H groups in total. The maximum atomic E-state index is 13.8. The number of phenolic OH excluding ortho intramolecular Hbond substituents is 1. The molecule has 0 spiro atoms. The number of benzene rings is 2. The number of hydrogen-bond donors (Lipinski definition) is 3. The van der Waals surface area contributed by atoms with E-state index in [1.54, 1.807) is 19.1 Å². The highest BCUT2D eigenvalue weighted by Gasteiger charge is 2.23. The average molecular weight is 338 g/mol. The van der Waals surface area contributed by atoms with Crippen LogP contribution in [0.2, 0.25) is 5.02 Å². The van der Waals surface area contributed by atoms with Gasteiger partial charge >= 0.3 is 0 Å². The molecule has 0 saturated carbocycles. The normalized spacial score (nSPS) is 13.4. The average Bonchev–Trinajstić information content (AvgIpc) is 2.46. The highest BCUT2D eigenvalue weighted by Crippen LogP contribution is 2.27. The monoisotopic (exact) mass is 337 g/mol. The molecule has 23 heavy (non-hydrogen) atoms. The van der Waals surface area contributed by atoms with Gasteiger partial charge in [-0.3, -0.25) is 4.79 Å². The van der Waals surface area contributed by atoms with E-state index in [-0.39, 0.29) is 28.7 Å². The van der Waals surface area contributed by atoms with Crippen molar-refractivity contribution in [3.05, 3.63) is 64.4 Å². The van der Waals surface area contributed by atoms with Crippen molar-refractivity contribution in [2.75, 3.05) is 0 Å². The third kappa shape index (κ3) is 4.43. The molecule has 2 aromatic carbocycles. The summed E-state index contributed by atoms with van der Waals surface area (Å²) in [5.41, 5.74) is 0.590. The lowest BCUT2D eigenvalue weighted by Gasteiger charge is -2.22. The molecule has 6 heteroatoms. The lowest BCUT2D eigenvalue weighted by atomic mass is 10.0. The number of nitrogens with one attached hydrogen (secondary N) is 1. The van der Waals surface area contributed by atoms with Gasteiger partial charge in [0.1, 0.15) is 17.7 Å². The van der Waals surface area contributed by atoms with Crippen LogP contribution in [0.15, 0.2) is 42.5 Å². The van der Waals surface area contributed by atoms with E-state index in [0.29, 0.717) is 5.56 Å². The molecule has 0 bridgehead atoms. The fraction of sp³-hybridized carbons (Fsp3) is 0.235. The van der Waals surface area contributed by atoms with Crippen LogP contribution in [0.5, 0.6) is 5.75 Å². The SMILES string of the molecule is C[C@H](NC(=O)Cc1cccc(O)c1)[C@H](O)c1c(F)cccc1Cl. The Labute approximate surface area is 138 Å². The summed E-state index contributed by atoms with van der Waals surface area (Å²) in [7, 11) is 0. The van der Waals surface area contributed by atoms with Gasteiger partial charge in [0.2, 0.25) is 5.91 Å². The molecule has 0 heterocycles. The Balaban J connectivity index is 2.03. The van der Waals surface area contributed by atoms with E-state index in [9.17, 15) is 19.4 Å². The number of aliphatic hydroxyl groups is 1. The van der Waals surface area contributed by atoms with Crippen molar-refractivity contribution in [1.29, 1.82) is 0 Å². The Hall–Kier alpha value is -2.11. The highest BCUT2D eigenvalue weighted by atomic mass is 35.5. The highest BCUT2D eigenvalue weighted by molar-refractivity contribution is 6.31. The zero-order chi connectivity index (χ0) is 17.0.